The monoisotopic (exact) mass is 263 g/mol. The molecule has 3 heteroatoms. The standard InChI is InChI=1S/C16H25NO2/c1-5-14-7-9-15(10-8-14)13(4)17(6-2)11-12(3)16(18)19/h7-10,12-13H,5-6,11H2,1-4H3,(H,18,19). The summed E-state index contributed by atoms with van der Waals surface area (Å²) >= 11 is 0. The molecular formula is C16H25NO2. The number of hydrogen-bond donors (Lipinski definition) is 1. The molecule has 1 aromatic carbocycles. The number of carboxylic acids is 1. The van der Waals surface area contributed by atoms with E-state index in [1.807, 2.05) is 0 Å². The molecule has 2 atom stereocenters. The Balaban J connectivity index is 2.76. The number of aliphatic carboxylic acids is 1. The van der Waals surface area contributed by atoms with E-state index in [0.29, 0.717) is 6.54 Å². The molecule has 0 aliphatic carbocycles. The number of nitrogens with zero attached hydrogens (tertiary/aromatic N) is 1. The van der Waals surface area contributed by atoms with E-state index in [0.717, 1.165) is 13.0 Å². The van der Waals surface area contributed by atoms with Gasteiger partial charge in [-0.1, -0.05) is 45.0 Å². The maximum Gasteiger partial charge on any atom is 0.307 e. The number of rotatable bonds is 7. The lowest BCUT2D eigenvalue weighted by molar-refractivity contribution is -0.141. The van der Waals surface area contributed by atoms with Gasteiger partial charge < -0.3 is 5.11 Å². The van der Waals surface area contributed by atoms with E-state index in [9.17, 15) is 4.79 Å². The van der Waals surface area contributed by atoms with E-state index in [1.54, 1.807) is 6.92 Å². The summed E-state index contributed by atoms with van der Waals surface area (Å²) in [5, 5.41) is 9.02. The van der Waals surface area contributed by atoms with Gasteiger partial charge >= 0.3 is 5.97 Å². The van der Waals surface area contributed by atoms with Gasteiger partial charge in [-0.25, -0.2) is 0 Å². The van der Waals surface area contributed by atoms with Crippen LogP contribution >= 0.6 is 0 Å². The third-order valence-electron chi connectivity index (χ3n) is 3.75. The molecular weight excluding hydrogens is 238 g/mol. The summed E-state index contributed by atoms with van der Waals surface area (Å²) in [6.45, 7) is 9.56. The van der Waals surface area contributed by atoms with Crippen LogP contribution in [0, 0.1) is 5.92 Å². The first kappa shape index (κ1) is 15.7. The van der Waals surface area contributed by atoms with Crippen molar-refractivity contribution >= 4 is 5.97 Å². The smallest absolute Gasteiger partial charge is 0.307 e. The van der Waals surface area contributed by atoms with E-state index in [2.05, 4.69) is 49.9 Å². The van der Waals surface area contributed by atoms with Crippen molar-refractivity contribution < 1.29 is 9.90 Å². The highest BCUT2D eigenvalue weighted by atomic mass is 16.4. The average molecular weight is 263 g/mol. The number of benzene rings is 1. The highest BCUT2D eigenvalue weighted by molar-refractivity contribution is 5.69. The third kappa shape index (κ3) is 4.35. The SMILES string of the molecule is CCc1ccc(C(C)N(CC)CC(C)C(=O)O)cc1. The molecule has 1 N–H and O–H groups in total. The summed E-state index contributed by atoms with van der Waals surface area (Å²) in [5.74, 6) is -1.07. The largest absolute Gasteiger partial charge is 0.481 e. The van der Waals surface area contributed by atoms with Crippen LogP contribution in [0.2, 0.25) is 0 Å². The number of carbonyl (C=O) groups is 1. The predicted octanol–water partition coefficient (Wildman–Crippen LogP) is 3.35. The molecule has 3 nitrogen and oxygen atoms in total. The first-order valence-corrected chi connectivity index (χ1v) is 7.05. The predicted molar refractivity (Wildman–Crippen MR) is 78.3 cm³/mol. The second kappa shape index (κ2) is 7.29. The maximum atomic E-state index is 11.0. The fourth-order valence-electron chi connectivity index (χ4n) is 2.23. The second-order valence-corrected chi connectivity index (χ2v) is 5.10. The Kier molecular flexibility index (Phi) is 6.03. The highest BCUT2D eigenvalue weighted by Crippen LogP contribution is 2.21. The highest BCUT2D eigenvalue weighted by Gasteiger charge is 2.20. The topological polar surface area (TPSA) is 40.5 Å². The Morgan fingerprint density at radius 3 is 2.21 bits per heavy atom. The Morgan fingerprint density at radius 1 is 1.21 bits per heavy atom. The van der Waals surface area contributed by atoms with Crippen molar-refractivity contribution in [2.75, 3.05) is 13.1 Å². The molecule has 2 unspecified atom stereocenters. The van der Waals surface area contributed by atoms with Crippen molar-refractivity contribution in [2.45, 2.75) is 40.2 Å². The van der Waals surface area contributed by atoms with Crippen LogP contribution in [0.1, 0.15) is 44.9 Å². The minimum absolute atomic E-state index is 0.248. The lowest BCUT2D eigenvalue weighted by Crippen LogP contribution is -2.33. The van der Waals surface area contributed by atoms with Crippen LogP contribution in [-0.2, 0) is 11.2 Å². The summed E-state index contributed by atoms with van der Waals surface area (Å²) < 4.78 is 0. The summed E-state index contributed by atoms with van der Waals surface area (Å²) in [7, 11) is 0. The van der Waals surface area contributed by atoms with Gasteiger partial charge in [-0.3, -0.25) is 9.69 Å². The molecule has 0 amide bonds. The Labute approximate surface area is 116 Å². The fraction of sp³-hybridized carbons (Fsp3) is 0.562. The quantitative estimate of drug-likeness (QED) is 0.820. The van der Waals surface area contributed by atoms with Crippen LogP contribution in [0.15, 0.2) is 24.3 Å². The molecule has 0 bridgehead atoms. The van der Waals surface area contributed by atoms with Crippen LogP contribution in [-0.4, -0.2) is 29.1 Å². The Bertz CT molecular complexity index is 400. The summed E-state index contributed by atoms with van der Waals surface area (Å²) in [4.78, 5) is 13.2. The fourth-order valence-corrected chi connectivity index (χ4v) is 2.23. The molecule has 0 heterocycles. The van der Waals surface area contributed by atoms with E-state index >= 15 is 0 Å². The molecule has 0 aliphatic heterocycles. The van der Waals surface area contributed by atoms with Crippen molar-refractivity contribution in [1.29, 1.82) is 0 Å². The van der Waals surface area contributed by atoms with Gasteiger partial charge in [0, 0.05) is 12.6 Å². The molecule has 0 spiro atoms. The van der Waals surface area contributed by atoms with Crippen molar-refractivity contribution in [3.63, 3.8) is 0 Å². The molecule has 106 valence electrons. The van der Waals surface area contributed by atoms with Gasteiger partial charge in [0.2, 0.25) is 0 Å². The lowest BCUT2D eigenvalue weighted by Gasteiger charge is -2.29. The lowest BCUT2D eigenvalue weighted by atomic mass is 10.0. The normalized spacial score (nSPS) is 14.4. The van der Waals surface area contributed by atoms with Gasteiger partial charge in [0.1, 0.15) is 0 Å². The van der Waals surface area contributed by atoms with Crippen molar-refractivity contribution in [3.8, 4) is 0 Å². The summed E-state index contributed by atoms with van der Waals surface area (Å²) in [5.41, 5.74) is 2.58. The van der Waals surface area contributed by atoms with Gasteiger partial charge in [-0.2, -0.15) is 0 Å². The van der Waals surface area contributed by atoms with E-state index in [-0.39, 0.29) is 12.0 Å². The van der Waals surface area contributed by atoms with Crippen LogP contribution in [0.3, 0.4) is 0 Å². The zero-order valence-electron chi connectivity index (χ0n) is 12.4. The minimum Gasteiger partial charge on any atom is -0.481 e. The number of carboxylic acid groups (broad SMARTS) is 1. The van der Waals surface area contributed by atoms with Gasteiger partial charge in [0.15, 0.2) is 0 Å². The average Bonchev–Trinajstić information content (AvgIpc) is 2.43. The molecule has 0 saturated heterocycles. The zero-order valence-corrected chi connectivity index (χ0v) is 12.4. The molecule has 0 aromatic heterocycles. The molecule has 0 fully saturated rings. The molecule has 0 saturated carbocycles. The van der Waals surface area contributed by atoms with Crippen molar-refractivity contribution in [2.24, 2.45) is 5.92 Å². The zero-order chi connectivity index (χ0) is 14.4. The van der Waals surface area contributed by atoms with Crippen LogP contribution < -0.4 is 0 Å². The van der Waals surface area contributed by atoms with E-state index in [1.165, 1.54) is 11.1 Å². The molecule has 19 heavy (non-hydrogen) atoms. The third-order valence-corrected chi connectivity index (χ3v) is 3.75. The number of hydrogen-bond acceptors (Lipinski definition) is 2. The van der Waals surface area contributed by atoms with Gasteiger partial charge in [0.05, 0.1) is 5.92 Å². The van der Waals surface area contributed by atoms with Crippen molar-refractivity contribution in [3.05, 3.63) is 35.4 Å². The van der Waals surface area contributed by atoms with Gasteiger partial charge in [-0.15, -0.1) is 0 Å². The van der Waals surface area contributed by atoms with E-state index < -0.39 is 5.97 Å². The van der Waals surface area contributed by atoms with Crippen LogP contribution in [0.4, 0.5) is 0 Å². The second-order valence-electron chi connectivity index (χ2n) is 5.10. The summed E-state index contributed by atoms with van der Waals surface area (Å²) in [6.07, 6.45) is 1.04. The van der Waals surface area contributed by atoms with Crippen LogP contribution in [0.5, 0.6) is 0 Å². The van der Waals surface area contributed by atoms with Gasteiger partial charge in [-0.05, 0) is 31.0 Å². The van der Waals surface area contributed by atoms with Crippen molar-refractivity contribution in [1.82, 2.24) is 4.90 Å². The van der Waals surface area contributed by atoms with Crippen LogP contribution in [0.25, 0.3) is 0 Å². The first-order valence-electron chi connectivity index (χ1n) is 7.05. The molecule has 0 radical (unpaired) electrons. The molecule has 1 rings (SSSR count). The minimum atomic E-state index is -0.730. The Hall–Kier alpha value is -1.35. The van der Waals surface area contributed by atoms with E-state index in [4.69, 9.17) is 5.11 Å². The Morgan fingerprint density at radius 2 is 1.79 bits per heavy atom. The van der Waals surface area contributed by atoms with Gasteiger partial charge in [0.25, 0.3) is 0 Å². The maximum absolute atomic E-state index is 11.0. The summed E-state index contributed by atoms with van der Waals surface area (Å²) in [6, 6.07) is 8.85. The molecule has 0 aliphatic rings. The molecule has 1 aromatic rings. The first-order chi connectivity index (χ1) is 8.99. The number of aryl methyl sites for hydroxylation is 1.